The van der Waals surface area contributed by atoms with E-state index in [0.29, 0.717) is 77.8 Å². The van der Waals surface area contributed by atoms with E-state index in [4.69, 9.17) is 22.9 Å². The summed E-state index contributed by atoms with van der Waals surface area (Å²) in [5, 5.41) is 13.9. The topological polar surface area (TPSA) is 331 Å². The van der Waals surface area contributed by atoms with Crippen molar-refractivity contribution in [1.82, 2.24) is 46.2 Å². The lowest BCUT2D eigenvalue weighted by molar-refractivity contribution is -0.137. The van der Waals surface area contributed by atoms with Crippen molar-refractivity contribution in [2.75, 3.05) is 112 Å². The zero-order chi connectivity index (χ0) is 55.0. The number of unbranched alkanes of at least 4 members (excludes halogenated alkanes) is 15. The number of likely N-dealkylation sites (N-methyl/N-ethyl adjacent to an activating group) is 1. The van der Waals surface area contributed by atoms with E-state index in [-0.39, 0.29) is 126 Å². The Balaban J connectivity index is 5.47. The van der Waals surface area contributed by atoms with Crippen LogP contribution in [0.1, 0.15) is 167 Å². The van der Waals surface area contributed by atoms with E-state index in [2.05, 4.69) is 26.6 Å². The molecule has 0 aliphatic carbocycles. The minimum atomic E-state index is -0.487. The SMILES string of the molecule is CCN(CC(=O)NCCN(CC(=O)NCCN(CC(=O)NCCN(CC(=O)NCCCCCCCCCCC(=O)NC)C(=O)CCCCCN)C(=O)CCCCCN)C(=O)CCCCCN)C(=O)CCCCCN. The van der Waals surface area contributed by atoms with Gasteiger partial charge in [-0.1, -0.05) is 64.2 Å². The molecule has 9 amide bonds. The Hall–Kier alpha value is -4.93. The molecule has 428 valence electrons. The molecule has 0 aromatic carbocycles. The second kappa shape index (κ2) is 47.8. The van der Waals surface area contributed by atoms with E-state index in [1.807, 2.05) is 0 Å². The smallest absolute Gasteiger partial charge is 0.239 e. The zero-order valence-corrected chi connectivity index (χ0v) is 45.8. The van der Waals surface area contributed by atoms with Crippen LogP contribution in [0.3, 0.4) is 0 Å². The predicted molar refractivity (Wildman–Crippen MR) is 290 cm³/mol. The molecule has 0 saturated heterocycles. The normalized spacial score (nSPS) is 10.8. The molecule has 0 aromatic heterocycles. The molecule has 0 radical (unpaired) electrons. The zero-order valence-electron chi connectivity index (χ0n) is 45.8. The summed E-state index contributed by atoms with van der Waals surface area (Å²) < 4.78 is 0. The van der Waals surface area contributed by atoms with Gasteiger partial charge in [0.2, 0.25) is 53.2 Å². The molecule has 0 aliphatic rings. The first-order valence-corrected chi connectivity index (χ1v) is 27.9. The lowest BCUT2D eigenvalue weighted by atomic mass is 10.1. The van der Waals surface area contributed by atoms with Crippen molar-refractivity contribution in [3.63, 3.8) is 0 Å². The molecule has 74 heavy (non-hydrogen) atoms. The molecule has 0 unspecified atom stereocenters. The fourth-order valence-corrected chi connectivity index (χ4v) is 8.01. The number of hydrogen-bond donors (Lipinski definition) is 9. The summed E-state index contributed by atoms with van der Waals surface area (Å²) in [6.45, 7) is 4.07. The number of amides is 9. The Bertz CT molecular complexity index is 1580. The van der Waals surface area contributed by atoms with Crippen molar-refractivity contribution in [2.45, 2.75) is 167 Å². The van der Waals surface area contributed by atoms with Crippen LogP contribution in [0.25, 0.3) is 0 Å². The highest BCUT2D eigenvalue weighted by molar-refractivity contribution is 5.87. The highest BCUT2D eigenvalue weighted by atomic mass is 16.2. The molecule has 13 N–H and O–H groups in total. The maximum Gasteiger partial charge on any atom is 0.239 e. The van der Waals surface area contributed by atoms with Gasteiger partial charge in [0.15, 0.2) is 0 Å². The first-order valence-electron chi connectivity index (χ1n) is 27.9. The summed E-state index contributed by atoms with van der Waals surface area (Å²) in [5.41, 5.74) is 22.5. The quantitative estimate of drug-likeness (QED) is 0.0387. The molecule has 0 bridgehead atoms. The fraction of sp³-hybridized carbons (Fsp3) is 0.827. The van der Waals surface area contributed by atoms with Gasteiger partial charge in [-0.2, -0.15) is 0 Å². The van der Waals surface area contributed by atoms with Gasteiger partial charge < -0.3 is 69.1 Å². The monoisotopic (exact) mass is 1050 g/mol. The molecule has 22 heteroatoms. The summed E-state index contributed by atoms with van der Waals surface area (Å²) in [5.74, 6) is -2.44. The van der Waals surface area contributed by atoms with Crippen LogP contribution in [0.2, 0.25) is 0 Å². The van der Waals surface area contributed by atoms with Crippen LogP contribution in [-0.2, 0) is 43.2 Å². The first kappa shape index (κ1) is 69.1. The van der Waals surface area contributed by atoms with Crippen LogP contribution in [0.4, 0.5) is 0 Å². The van der Waals surface area contributed by atoms with Gasteiger partial charge in [-0.25, -0.2) is 0 Å². The molecule has 0 aromatic rings. The summed E-state index contributed by atoms with van der Waals surface area (Å²) in [6.07, 6.45) is 18.2. The third-order valence-corrected chi connectivity index (χ3v) is 12.6. The second-order valence-electron chi connectivity index (χ2n) is 18.9. The molecule has 0 aliphatic heterocycles. The average Bonchev–Trinajstić information content (AvgIpc) is 3.38. The third kappa shape index (κ3) is 38.6. The van der Waals surface area contributed by atoms with Crippen LogP contribution < -0.4 is 49.5 Å². The van der Waals surface area contributed by atoms with E-state index >= 15 is 0 Å². The molecule has 22 nitrogen and oxygen atoms in total. The number of carbonyl (C=O) groups excluding carboxylic acids is 9. The Labute approximate surface area is 443 Å². The van der Waals surface area contributed by atoms with Crippen LogP contribution >= 0.6 is 0 Å². The van der Waals surface area contributed by atoms with Crippen molar-refractivity contribution in [1.29, 1.82) is 0 Å². The third-order valence-electron chi connectivity index (χ3n) is 12.6. The average molecular weight is 1050 g/mol. The molecule has 0 spiro atoms. The van der Waals surface area contributed by atoms with E-state index in [0.717, 1.165) is 103 Å². The number of rotatable bonds is 49. The van der Waals surface area contributed by atoms with Gasteiger partial charge in [0.05, 0.1) is 26.2 Å². The Morgan fingerprint density at radius 1 is 0.311 bits per heavy atom. The maximum atomic E-state index is 13.4. The molecule has 0 heterocycles. The van der Waals surface area contributed by atoms with Gasteiger partial charge in [-0.15, -0.1) is 0 Å². The van der Waals surface area contributed by atoms with Crippen molar-refractivity contribution in [3.05, 3.63) is 0 Å². The lowest BCUT2D eigenvalue weighted by Crippen LogP contribution is -2.48. The van der Waals surface area contributed by atoms with Gasteiger partial charge in [-0.3, -0.25) is 43.2 Å². The number of nitrogens with two attached hydrogens (primary N) is 4. The highest BCUT2D eigenvalue weighted by Gasteiger charge is 2.22. The largest absolute Gasteiger partial charge is 0.359 e. The standard InChI is InChI=1S/C52H101N13O9/c1-3-62(49(71)25-15-10-19-29-53)40-45(67)59-34-37-64(51(73)27-17-12-21-31-55)42-47(69)61-36-39-65(52(74)28-18-13-22-32-56)43-48(70)60-35-38-63(50(72)26-16-11-20-30-54)41-46(68)58-33-23-9-7-5-4-6-8-14-24-44(66)57-2/h3-43,53-56H2,1-2H3,(H,57,66)(H,58,68)(H,59,67)(H,60,70)(H,61,69). The van der Waals surface area contributed by atoms with Crippen LogP contribution in [0, 0.1) is 0 Å². The van der Waals surface area contributed by atoms with E-state index in [1.54, 1.807) is 14.0 Å². The maximum absolute atomic E-state index is 13.4. The fourth-order valence-electron chi connectivity index (χ4n) is 8.01. The minimum absolute atomic E-state index is 0.00557. The number of hydrogen-bond acceptors (Lipinski definition) is 13. The van der Waals surface area contributed by atoms with Gasteiger partial charge in [0.25, 0.3) is 0 Å². The van der Waals surface area contributed by atoms with E-state index in [1.165, 1.54) is 19.6 Å². The van der Waals surface area contributed by atoms with Crippen LogP contribution in [0.5, 0.6) is 0 Å². The Morgan fingerprint density at radius 3 is 0.878 bits per heavy atom. The summed E-state index contributed by atoms with van der Waals surface area (Å²) in [7, 11) is 1.65. The number of nitrogens with one attached hydrogen (secondary N) is 5. The number of carbonyl (C=O) groups is 9. The highest BCUT2D eigenvalue weighted by Crippen LogP contribution is 2.11. The van der Waals surface area contributed by atoms with Crippen LogP contribution in [0.15, 0.2) is 0 Å². The van der Waals surface area contributed by atoms with E-state index < -0.39 is 11.8 Å². The summed E-state index contributed by atoms with van der Waals surface area (Å²) >= 11 is 0. The van der Waals surface area contributed by atoms with Gasteiger partial charge in [-0.05, 0) is 97.3 Å². The van der Waals surface area contributed by atoms with Crippen LogP contribution in [-0.4, -0.2) is 185 Å². The molecular weight excluding hydrogens is 951 g/mol. The summed E-state index contributed by atoms with van der Waals surface area (Å²) in [4.78, 5) is 122. The molecule has 0 atom stereocenters. The second-order valence-corrected chi connectivity index (χ2v) is 18.9. The predicted octanol–water partition coefficient (Wildman–Crippen LogP) is 1.12. The number of nitrogens with zero attached hydrogens (tertiary/aromatic N) is 4. The Kier molecular flexibility index (Phi) is 44.6. The van der Waals surface area contributed by atoms with Crippen molar-refractivity contribution in [3.8, 4) is 0 Å². The Morgan fingerprint density at radius 2 is 0.568 bits per heavy atom. The van der Waals surface area contributed by atoms with Gasteiger partial charge >= 0.3 is 0 Å². The molecule has 0 saturated carbocycles. The van der Waals surface area contributed by atoms with Gasteiger partial charge in [0.1, 0.15) is 0 Å². The van der Waals surface area contributed by atoms with Crippen molar-refractivity contribution < 1.29 is 43.2 Å². The van der Waals surface area contributed by atoms with Crippen molar-refractivity contribution >= 4 is 53.2 Å². The first-order chi connectivity index (χ1) is 35.8. The molecule has 0 fully saturated rings. The molecular formula is C52H101N13O9. The van der Waals surface area contributed by atoms with E-state index in [9.17, 15) is 43.2 Å². The minimum Gasteiger partial charge on any atom is -0.359 e. The van der Waals surface area contributed by atoms with Gasteiger partial charge in [0, 0.05) is 91.5 Å². The summed E-state index contributed by atoms with van der Waals surface area (Å²) in [6, 6.07) is 0. The molecule has 0 rings (SSSR count). The lowest BCUT2D eigenvalue weighted by Gasteiger charge is -2.25. The van der Waals surface area contributed by atoms with Crippen molar-refractivity contribution in [2.24, 2.45) is 22.9 Å².